The van der Waals surface area contributed by atoms with Crippen LogP contribution in [-0.2, 0) is 31.4 Å². The molecule has 1 aliphatic carbocycles. The number of nitrogens with zero attached hydrogens (tertiary/aromatic N) is 3. The van der Waals surface area contributed by atoms with Gasteiger partial charge in [-0.25, -0.2) is 12.7 Å². The van der Waals surface area contributed by atoms with Crippen molar-refractivity contribution >= 4 is 33.1 Å². The van der Waals surface area contributed by atoms with Gasteiger partial charge in [0.15, 0.2) is 0 Å². The first-order valence-electron chi connectivity index (χ1n) is 12.9. The third-order valence-electron chi connectivity index (χ3n) is 8.84. The molecule has 4 aliphatic rings. The van der Waals surface area contributed by atoms with E-state index in [9.17, 15) is 18.0 Å². The van der Waals surface area contributed by atoms with Gasteiger partial charge in [0.05, 0.1) is 16.0 Å². The number of sulfonamides is 1. The molecule has 3 aromatic rings. The van der Waals surface area contributed by atoms with Crippen LogP contribution in [0.2, 0.25) is 0 Å². The van der Waals surface area contributed by atoms with Crippen LogP contribution in [0.1, 0.15) is 30.0 Å². The minimum absolute atomic E-state index is 0.149. The molecule has 2 fully saturated rings. The van der Waals surface area contributed by atoms with Crippen LogP contribution in [0, 0.1) is 0 Å². The second-order valence-corrected chi connectivity index (χ2v) is 12.4. The molecule has 7 nitrogen and oxygen atoms in total. The highest BCUT2D eigenvalue weighted by Crippen LogP contribution is 2.62. The van der Waals surface area contributed by atoms with Gasteiger partial charge < -0.3 is 9.80 Å². The predicted molar refractivity (Wildman–Crippen MR) is 144 cm³/mol. The summed E-state index contributed by atoms with van der Waals surface area (Å²) in [4.78, 5) is 30.9. The summed E-state index contributed by atoms with van der Waals surface area (Å²) in [6, 6.07) is 22.5. The van der Waals surface area contributed by atoms with E-state index in [0.717, 1.165) is 28.7 Å². The first-order chi connectivity index (χ1) is 18.3. The van der Waals surface area contributed by atoms with E-state index in [1.54, 1.807) is 49.2 Å². The highest BCUT2D eigenvalue weighted by molar-refractivity contribution is 7.92. The fourth-order valence-corrected chi connectivity index (χ4v) is 8.70. The Morgan fingerprint density at radius 1 is 0.868 bits per heavy atom. The van der Waals surface area contributed by atoms with Crippen molar-refractivity contribution in [1.29, 1.82) is 0 Å². The van der Waals surface area contributed by atoms with E-state index in [2.05, 4.69) is 18.2 Å². The van der Waals surface area contributed by atoms with E-state index in [4.69, 9.17) is 0 Å². The molecule has 0 aromatic heterocycles. The molecule has 7 rings (SSSR count). The molecule has 0 spiro atoms. The molecule has 38 heavy (non-hydrogen) atoms. The summed E-state index contributed by atoms with van der Waals surface area (Å²) in [6.07, 6.45) is 2.29. The molecular formula is C30H27N3O4S. The van der Waals surface area contributed by atoms with Gasteiger partial charge in [-0.1, -0.05) is 66.7 Å². The first kappa shape index (κ1) is 23.2. The molecule has 0 bridgehead atoms. The highest BCUT2D eigenvalue weighted by Gasteiger charge is 2.69. The lowest BCUT2D eigenvalue weighted by Crippen LogP contribution is -2.65. The Morgan fingerprint density at radius 2 is 1.55 bits per heavy atom. The summed E-state index contributed by atoms with van der Waals surface area (Å²) < 4.78 is 30.3. The zero-order valence-electron chi connectivity index (χ0n) is 21.1. The third kappa shape index (κ3) is 2.76. The largest absolute Gasteiger partial charge is 0.332 e. The van der Waals surface area contributed by atoms with Crippen LogP contribution in [0.5, 0.6) is 0 Å². The van der Waals surface area contributed by atoms with Crippen LogP contribution in [-0.4, -0.2) is 55.3 Å². The summed E-state index contributed by atoms with van der Waals surface area (Å²) in [6.45, 7) is 1.71. The molecule has 2 saturated heterocycles. The molecule has 0 radical (unpaired) electrons. The number of hydrogen-bond acceptors (Lipinski definition) is 4. The Balaban J connectivity index is 1.54. The number of piperazine rings is 1. The van der Waals surface area contributed by atoms with Crippen molar-refractivity contribution in [1.82, 2.24) is 9.80 Å². The number of para-hydroxylation sites is 1. The average Bonchev–Trinajstić information content (AvgIpc) is 3.60. The molecule has 3 heterocycles. The predicted octanol–water partition coefficient (Wildman–Crippen LogP) is 3.56. The zero-order chi connectivity index (χ0) is 26.4. The van der Waals surface area contributed by atoms with Crippen molar-refractivity contribution in [3.8, 4) is 0 Å². The Morgan fingerprint density at radius 3 is 2.34 bits per heavy atom. The second kappa shape index (κ2) is 7.80. The Labute approximate surface area is 222 Å². The number of carbonyl (C=O) groups is 2. The number of likely N-dealkylation sites (N-methyl/N-ethyl adjacent to an activating group) is 1. The van der Waals surface area contributed by atoms with Gasteiger partial charge in [-0.3, -0.25) is 9.59 Å². The fourth-order valence-electron chi connectivity index (χ4n) is 7.01. The molecule has 192 valence electrons. The molecular weight excluding hydrogens is 498 g/mol. The van der Waals surface area contributed by atoms with Crippen molar-refractivity contribution in [3.63, 3.8) is 0 Å². The van der Waals surface area contributed by atoms with Gasteiger partial charge in [-0.05, 0) is 60.2 Å². The Hall–Kier alpha value is -3.91. The van der Waals surface area contributed by atoms with Gasteiger partial charge >= 0.3 is 0 Å². The van der Waals surface area contributed by atoms with Crippen molar-refractivity contribution in [2.45, 2.75) is 48.3 Å². The van der Waals surface area contributed by atoms with E-state index in [0.29, 0.717) is 12.1 Å². The second-order valence-electron chi connectivity index (χ2n) is 10.5. The van der Waals surface area contributed by atoms with Crippen molar-refractivity contribution in [3.05, 3.63) is 102 Å². The standard InChI is InChI=1S/C30H27N3O4S/c1-19-27(34)32-26(28(35)31(19)2)18-30(23-17-16-20-10-6-7-13-22(20)23)24-14-8-9-15-25(24)33(29(30)32)38(36,37)21-11-4-3-5-12-21/h3-15,17,19,26,29H,16,18H2,1-2H3/t19-,26-,29-,30-/m0/s1. The monoisotopic (exact) mass is 525 g/mol. The maximum absolute atomic E-state index is 14.4. The van der Waals surface area contributed by atoms with Gasteiger partial charge in [0, 0.05) is 7.05 Å². The van der Waals surface area contributed by atoms with Crippen LogP contribution in [0.15, 0.2) is 89.8 Å². The topological polar surface area (TPSA) is 78.0 Å². The van der Waals surface area contributed by atoms with E-state index >= 15 is 0 Å². The summed E-state index contributed by atoms with van der Waals surface area (Å²) in [5.41, 5.74) is 3.68. The summed E-state index contributed by atoms with van der Waals surface area (Å²) in [5.74, 6) is -0.399. The summed E-state index contributed by atoms with van der Waals surface area (Å²) >= 11 is 0. The molecule has 0 N–H and O–H groups in total. The Kier molecular flexibility index (Phi) is 4.77. The molecule has 2 amide bonds. The lowest BCUT2D eigenvalue weighted by molar-refractivity contribution is -0.158. The van der Waals surface area contributed by atoms with Gasteiger partial charge in [0.25, 0.3) is 10.0 Å². The number of rotatable bonds is 3. The molecule has 0 unspecified atom stereocenters. The van der Waals surface area contributed by atoms with Crippen LogP contribution in [0.25, 0.3) is 5.57 Å². The minimum atomic E-state index is -4.09. The summed E-state index contributed by atoms with van der Waals surface area (Å²) in [7, 11) is -2.43. The van der Waals surface area contributed by atoms with Crippen molar-refractivity contribution in [2.75, 3.05) is 11.4 Å². The number of carbonyl (C=O) groups excluding carboxylic acids is 2. The number of benzene rings is 3. The quantitative estimate of drug-likeness (QED) is 0.524. The van der Waals surface area contributed by atoms with Gasteiger partial charge in [-0.2, -0.15) is 0 Å². The lowest BCUT2D eigenvalue weighted by atomic mass is 9.70. The van der Waals surface area contributed by atoms with Crippen LogP contribution < -0.4 is 4.31 Å². The van der Waals surface area contributed by atoms with E-state index < -0.39 is 33.7 Å². The summed E-state index contributed by atoms with van der Waals surface area (Å²) in [5, 5.41) is 0. The average molecular weight is 526 g/mol. The van der Waals surface area contributed by atoms with Crippen molar-refractivity contribution < 1.29 is 18.0 Å². The van der Waals surface area contributed by atoms with Crippen molar-refractivity contribution in [2.24, 2.45) is 0 Å². The molecule has 8 heteroatoms. The minimum Gasteiger partial charge on any atom is -0.332 e. The number of allylic oxidation sites excluding steroid dienone is 1. The maximum atomic E-state index is 14.4. The van der Waals surface area contributed by atoms with E-state index in [1.807, 2.05) is 36.4 Å². The third-order valence-corrected chi connectivity index (χ3v) is 10.6. The van der Waals surface area contributed by atoms with Gasteiger partial charge in [0.1, 0.15) is 18.2 Å². The number of anilines is 1. The SMILES string of the molecule is C[C@H]1C(=O)N2[C@@H](C[C@]3(C4=CCc5ccccc54)c4ccccc4N(S(=O)(=O)c4ccccc4)[C@H]23)C(=O)N1C. The molecule has 4 atom stereocenters. The Bertz CT molecular complexity index is 1650. The first-order valence-corrected chi connectivity index (χ1v) is 14.3. The number of fused-ring (bicyclic) bond motifs is 6. The van der Waals surface area contributed by atoms with Crippen LogP contribution >= 0.6 is 0 Å². The van der Waals surface area contributed by atoms with E-state index in [1.165, 1.54) is 9.21 Å². The van der Waals surface area contributed by atoms with Gasteiger partial charge in [-0.15, -0.1) is 0 Å². The normalized spacial score (nSPS) is 27.7. The fraction of sp³-hybridized carbons (Fsp3) is 0.267. The van der Waals surface area contributed by atoms with Gasteiger partial charge in [0.2, 0.25) is 11.8 Å². The van der Waals surface area contributed by atoms with Crippen LogP contribution in [0.3, 0.4) is 0 Å². The molecule has 3 aromatic carbocycles. The lowest BCUT2D eigenvalue weighted by Gasteiger charge is -2.44. The smallest absolute Gasteiger partial charge is 0.266 e. The molecule has 0 saturated carbocycles. The molecule has 3 aliphatic heterocycles. The maximum Gasteiger partial charge on any atom is 0.266 e. The number of hydrogen-bond donors (Lipinski definition) is 0. The van der Waals surface area contributed by atoms with Crippen LogP contribution in [0.4, 0.5) is 5.69 Å². The number of amides is 2. The van der Waals surface area contributed by atoms with E-state index in [-0.39, 0.29) is 16.7 Å². The zero-order valence-corrected chi connectivity index (χ0v) is 21.9. The highest BCUT2D eigenvalue weighted by atomic mass is 32.2.